The van der Waals surface area contributed by atoms with Crippen molar-refractivity contribution < 1.29 is 24.0 Å². The average molecular weight is 497 g/mol. The number of hydroxylamine groups is 2. The van der Waals surface area contributed by atoms with Crippen molar-refractivity contribution >= 4 is 29.6 Å². The molecule has 2 aliphatic rings. The first-order valence-corrected chi connectivity index (χ1v) is 13.4. The number of hydrogen-bond donors (Lipinski definition) is 1. The average Bonchev–Trinajstić information content (AvgIpc) is 3.74. The molecule has 8 heteroatoms. The maximum absolute atomic E-state index is 13.7. The van der Waals surface area contributed by atoms with Crippen LogP contribution in [0.25, 0.3) is 0 Å². The van der Waals surface area contributed by atoms with Gasteiger partial charge in [-0.2, -0.15) is 16.8 Å². The summed E-state index contributed by atoms with van der Waals surface area (Å²) in [5.41, 5.74) is 2.01. The van der Waals surface area contributed by atoms with E-state index in [0.29, 0.717) is 24.3 Å². The van der Waals surface area contributed by atoms with Crippen LogP contribution in [0, 0.1) is 5.92 Å². The molecule has 1 aliphatic heterocycles. The molecule has 1 heterocycles. The largest absolute Gasteiger partial charge is 0.465 e. The van der Waals surface area contributed by atoms with Crippen molar-refractivity contribution in [2.75, 3.05) is 18.1 Å². The van der Waals surface area contributed by atoms with E-state index in [1.54, 1.807) is 18.7 Å². The molecule has 1 N–H and O–H groups in total. The van der Waals surface area contributed by atoms with Gasteiger partial charge >= 0.3 is 11.9 Å². The van der Waals surface area contributed by atoms with Gasteiger partial charge in [-0.3, -0.25) is 14.9 Å². The standard InChI is InChI=1S/C27H32N2O5S/c1-2-33-27(32)22(16-13-19-9-5-3-6-10-19)28-23-17-35-18-24(20-11-7-4-8-12-20)29(25(23)30)34-26(31)21-14-15-21/h3-12,21-24,28H,2,13-18H2,1H3. The number of thioether (sulfide) groups is 1. The minimum absolute atomic E-state index is 0.139. The van der Waals surface area contributed by atoms with E-state index in [1.807, 2.05) is 60.7 Å². The Balaban J connectivity index is 1.52. The van der Waals surface area contributed by atoms with Crippen LogP contribution in [-0.2, 0) is 30.4 Å². The minimum atomic E-state index is -0.689. The quantitative estimate of drug-likeness (QED) is 0.502. The normalized spacial score (nSPS) is 21.2. The van der Waals surface area contributed by atoms with Crippen molar-refractivity contribution in [2.24, 2.45) is 5.92 Å². The van der Waals surface area contributed by atoms with Crippen LogP contribution in [0.5, 0.6) is 0 Å². The Morgan fingerprint density at radius 1 is 1.06 bits per heavy atom. The van der Waals surface area contributed by atoms with Gasteiger partial charge in [-0.05, 0) is 43.7 Å². The molecule has 1 saturated carbocycles. The van der Waals surface area contributed by atoms with Crippen LogP contribution in [0.3, 0.4) is 0 Å². The number of aryl methyl sites for hydroxylation is 1. The second kappa shape index (κ2) is 12.2. The Hall–Kier alpha value is -2.84. The van der Waals surface area contributed by atoms with E-state index in [4.69, 9.17) is 9.57 Å². The molecule has 0 aromatic heterocycles. The summed E-state index contributed by atoms with van der Waals surface area (Å²) in [6, 6.07) is 17.8. The van der Waals surface area contributed by atoms with Crippen molar-refractivity contribution in [1.29, 1.82) is 0 Å². The summed E-state index contributed by atoms with van der Waals surface area (Å²) < 4.78 is 5.30. The van der Waals surface area contributed by atoms with Gasteiger partial charge in [-0.15, -0.1) is 0 Å². The summed E-state index contributed by atoms with van der Waals surface area (Å²) in [7, 11) is 0. The second-order valence-electron chi connectivity index (χ2n) is 8.86. The van der Waals surface area contributed by atoms with Gasteiger partial charge in [-0.1, -0.05) is 60.7 Å². The van der Waals surface area contributed by atoms with Crippen molar-refractivity contribution in [2.45, 2.75) is 50.7 Å². The predicted molar refractivity (Wildman–Crippen MR) is 134 cm³/mol. The summed E-state index contributed by atoms with van der Waals surface area (Å²) in [6.45, 7) is 2.03. The third-order valence-electron chi connectivity index (χ3n) is 6.18. The van der Waals surface area contributed by atoms with Crippen molar-refractivity contribution in [3.63, 3.8) is 0 Å². The lowest BCUT2D eigenvalue weighted by Crippen LogP contribution is -2.53. The highest BCUT2D eigenvalue weighted by molar-refractivity contribution is 7.99. The van der Waals surface area contributed by atoms with Crippen LogP contribution in [-0.4, -0.2) is 53.1 Å². The Labute approximate surface area is 210 Å². The van der Waals surface area contributed by atoms with E-state index in [1.165, 1.54) is 5.06 Å². The van der Waals surface area contributed by atoms with Crippen LogP contribution < -0.4 is 5.32 Å². The molecule has 2 aromatic carbocycles. The lowest BCUT2D eigenvalue weighted by molar-refractivity contribution is -0.208. The smallest absolute Gasteiger partial charge is 0.335 e. The molecule has 3 atom stereocenters. The lowest BCUT2D eigenvalue weighted by Gasteiger charge is -2.30. The molecular weight excluding hydrogens is 464 g/mol. The van der Waals surface area contributed by atoms with Gasteiger partial charge in [0.2, 0.25) is 0 Å². The fourth-order valence-electron chi connectivity index (χ4n) is 4.08. The number of amides is 1. The molecule has 0 radical (unpaired) electrons. The highest BCUT2D eigenvalue weighted by Crippen LogP contribution is 2.34. The summed E-state index contributed by atoms with van der Waals surface area (Å²) in [5, 5.41) is 4.49. The van der Waals surface area contributed by atoms with E-state index in [-0.39, 0.29) is 30.4 Å². The third-order valence-corrected chi connectivity index (χ3v) is 7.30. The van der Waals surface area contributed by atoms with E-state index >= 15 is 0 Å². The Kier molecular flexibility index (Phi) is 8.82. The molecule has 7 nitrogen and oxygen atoms in total. The van der Waals surface area contributed by atoms with Crippen LogP contribution in [0.2, 0.25) is 0 Å². The molecule has 0 spiro atoms. The molecule has 35 heavy (non-hydrogen) atoms. The summed E-state index contributed by atoms with van der Waals surface area (Å²) in [5.74, 6) is -0.185. The number of carbonyl (C=O) groups excluding carboxylic acids is 3. The predicted octanol–water partition coefficient (Wildman–Crippen LogP) is 3.69. The zero-order valence-electron chi connectivity index (χ0n) is 19.9. The zero-order chi connectivity index (χ0) is 24.6. The highest BCUT2D eigenvalue weighted by Gasteiger charge is 2.41. The Bertz CT molecular complexity index is 999. The van der Waals surface area contributed by atoms with Crippen molar-refractivity contribution in [3.8, 4) is 0 Å². The van der Waals surface area contributed by atoms with E-state index in [0.717, 1.165) is 24.0 Å². The fraction of sp³-hybridized carbons (Fsp3) is 0.444. The maximum atomic E-state index is 13.7. The van der Waals surface area contributed by atoms with E-state index in [9.17, 15) is 14.4 Å². The van der Waals surface area contributed by atoms with E-state index in [2.05, 4.69) is 5.32 Å². The summed E-state index contributed by atoms with van der Waals surface area (Å²) in [6.07, 6.45) is 2.73. The molecule has 2 fully saturated rings. The number of esters is 1. The van der Waals surface area contributed by atoms with Crippen LogP contribution in [0.15, 0.2) is 60.7 Å². The summed E-state index contributed by atoms with van der Waals surface area (Å²) >= 11 is 1.60. The molecule has 3 unspecified atom stereocenters. The fourth-order valence-corrected chi connectivity index (χ4v) is 5.24. The number of carbonyl (C=O) groups is 3. The Morgan fingerprint density at radius 3 is 2.40 bits per heavy atom. The van der Waals surface area contributed by atoms with Gasteiger partial charge in [0, 0.05) is 11.5 Å². The number of benzene rings is 2. The van der Waals surface area contributed by atoms with E-state index < -0.39 is 18.1 Å². The summed E-state index contributed by atoms with van der Waals surface area (Å²) in [4.78, 5) is 44.8. The first-order chi connectivity index (χ1) is 17.1. The molecular formula is C27H32N2O5S. The SMILES string of the molecule is CCOC(=O)C(CCc1ccccc1)NC1CSCC(c2ccccc2)N(OC(=O)C2CC2)C1=O. The monoisotopic (exact) mass is 496 g/mol. The van der Waals surface area contributed by atoms with Gasteiger partial charge < -0.3 is 9.57 Å². The second-order valence-corrected chi connectivity index (χ2v) is 9.94. The van der Waals surface area contributed by atoms with Gasteiger partial charge in [0.15, 0.2) is 0 Å². The third kappa shape index (κ3) is 6.86. The highest BCUT2D eigenvalue weighted by atomic mass is 32.2. The maximum Gasteiger partial charge on any atom is 0.335 e. The lowest BCUT2D eigenvalue weighted by atomic mass is 10.0. The number of ether oxygens (including phenoxy) is 1. The van der Waals surface area contributed by atoms with Gasteiger partial charge in [-0.25, -0.2) is 4.79 Å². The first kappa shape index (κ1) is 25.3. The van der Waals surface area contributed by atoms with Crippen molar-refractivity contribution in [1.82, 2.24) is 10.4 Å². The molecule has 1 aliphatic carbocycles. The minimum Gasteiger partial charge on any atom is -0.465 e. The number of nitrogens with zero attached hydrogens (tertiary/aromatic N) is 1. The van der Waals surface area contributed by atoms with Crippen LogP contribution in [0.4, 0.5) is 0 Å². The first-order valence-electron chi connectivity index (χ1n) is 12.2. The Morgan fingerprint density at radius 2 is 1.74 bits per heavy atom. The van der Waals surface area contributed by atoms with Crippen molar-refractivity contribution in [3.05, 3.63) is 71.8 Å². The van der Waals surface area contributed by atoms with Gasteiger partial charge in [0.1, 0.15) is 12.1 Å². The van der Waals surface area contributed by atoms with Crippen LogP contribution in [0.1, 0.15) is 43.4 Å². The zero-order valence-corrected chi connectivity index (χ0v) is 20.7. The molecule has 4 rings (SSSR count). The van der Waals surface area contributed by atoms with Crippen LogP contribution >= 0.6 is 11.8 Å². The molecule has 0 bridgehead atoms. The van der Waals surface area contributed by atoms with Gasteiger partial charge in [0.25, 0.3) is 5.91 Å². The van der Waals surface area contributed by atoms with Gasteiger partial charge in [0.05, 0.1) is 18.6 Å². The number of hydrogen-bond acceptors (Lipinski definition) is 7. The molecule has 1 amide bonds. The topological polar surface area (TPSA) is 84.9 Å². The molecule has 2 aromatic rings. The molecule has 186 valence electrons. The number of nitrogens with one attached hydrogen (secondary N) is 1. The molecule has 1 saturated heterocycles. The number of rotatable bonds is 10.